The van der Waals surface area contributed by atoms with Gasteiger partial charge >= 0.3 is 0 Å². The molecule has 0 bridgehead atoms. The lowest BCUT2D eigenvalue weighted by atomic mass is 9.52. The first-order valence-corrected chi connectivity index (χ1v) is 13.0. The van der Waals surface area contributed by atoms with Crippen LogP contribution in [0.1, 0.15) is 30.9 Å². The van der Waals surface area contributed by atoms with Crippen LogP contribution in [0.4, 0.5) is 11.4 Å². The molecular formula is C27H30B3N5O4. The van der Waals surface area contributed by atoms with Crippen LogP contribution in [0.5, 0.6) is 0 Å². The number of benzene rings is 1. The van der Waals surface area contributed by atoms with Gasteiger partial charge in [0.25, 0.3) is 5.56 Å². The summed E-state index contributed by atoms with van der Waals surface area (Å²) in [6, 6.07) is 7.66. The molecule has 0 spiro atoms. The Morgan fingerprint density at radius 1 is 1.21 bits per heavy atom. The van der Waals surface area contributed by atoms with Crippen LogP contribution >= 0.6 is 0 Å². The number of fused-ring (bicyclic) bond motifs is 2. The zero-order chi connectivity index (χ0) is 28.1. The van der Waals surface area contributed by atoms with Crippen molar-refractivity contribution in [2.24, 2.45) is 0 Å². The standard InChI is InChI=1S/C27H30B3N5O4/c1-16-32-21-12-18(34-9-10-38-19(14-34)15-39-27(28,29)30)5-6-20(21)24(36)35(16)8-7-17-11-22-23(31-13-17)26(2,3)25(37)33(22)4/h5-6,11-13,19H,7-10,14-15H2,1-4H3. The molecular weight excluding hydrogens is 491 g/mol. The van der Waals surface area contributed by atoms with Crippen LogP contribution in [0.25, 0.3) is 10.9 Å². The Morgan fingerprint density at radius 2 is 1.97 bits per heavy atom. The fourth-order valence-corrected chi connectivity index (χ4v) is 5.31. The van der Waals surface area contributed by atoms with Crippen LogP contribution in [0.3, 0.4) is 0 Å². The van der Waals surface area contributed by atoms with Crippen molar-refractivity contribution < 1.29 is 14.3 Å². The Balaban J connectivity index is 1.33. The van der Waals surface area contributed by atoms with Crippen LogP contribution in [-0.4, -0.2) is 88.7 Å². The molecule has 1 unspecified atom stereocenters. The van der Waals surface area contributed by atoms with Crippen LogP contribution in [0.15, 0.2) is 35.3 Å². The second-order valence-corrected chi connectivity index (χ2v) is 10.9. The minimum Gasteiger partial charge on any atom is -0.400 e. The molecule has 2 aromatic heterocycles. The molecule has 6 radical (unpaired) electrons. The molecule has 39 heavy (non-hydrogen) atoms. The molecule has 4 heterocycles. The number of amides is 1. The highest BCUT2D eigenvalue weighted by Crippen LogP contribution is 2.39. The highest BCUT2D eigenvalue weighted by Gasteiger charge is 2.43. The predicted molar refractivity (Wildman–Crippen MR) is 153 cm³/mol. The number of aromatic nitrogens is 3. The molecule has 1 saturated heterocycles. The third-order valence-electron chi connectivity index (χ3n) is 7.49. The van der Waals surface area contributed by atoms with E-state index in [0.29, 0.717) is 49.4 Å². The van der Waals surface area contributed by atoms with Gasteiger partial charge in [0, 0.05) is 38.6 Å². The van der Waals surface area contributed by atoms with Gasteiger partial charge in [0.05, 0.1) is 70.6 Å². The second-order valence-electron chi connectivity index (χ2n) is 10.9. The summed E-state index contributed by atoms with van der Waals surface area (Å²) in [5, 5.41) is -1.16. The normalized spacial score (nSPS) is 19.1. The molecule has 0 saturated carbocycles. The fourth-order valence-electron chi connectivity index (χ4n) is 5.31. The first-order valence-electron chi connectivity index (χ1n) is 13.0. The molecule has 1 fully saturated rings. The third kappa shape index (κ3) is 5.36. The first kappa shape index (κ1) is 27.5. The van der Waals surface area contributed by atoms with E-state index in [0.717, 1.165) is 22.6 Å². The monoisotopic (exact) mass is 521 g/mol. The number of morpholine rings is 1. The topological polar surface area (TPSA) is 89.8 Å². The lowest BCUT2D eigenvalue weighted by molar-refractivity contribution is -0.121. The van der Waals surface area contributed by atoms with Gasteiger partial charge in [-0.1, -0.05) is 0 Å². The fraction of sp³-hybridized carbons (Fsp3) is 0.481. The average molecular weight is 521 g/mol. The number of nitrogens with zero attached hydrogens (tertiary/aromatic N) is 5. The maximum atomic E-state index is 13.4. The number of pyridine rings is 1. The number of carbonyl (C=O) groups excluding carboxylic acids is 1. The van der Waals surface area contributed by atoms with E-state index in [1.807, 2.05) is 45.0 Å². The van der Waals surface area contributed by atoms with E-state index < -0.39 is 10.7 Å². The molecule has 1 aromatic carbocycles. The van der Waals surface area contributed by atoms with Crippen molar-refractivity contribution in [1.29, 1.82) is 0 Å². The number of anilines is 2. The Morgan fingerprint density at radius 3 is 2.72 bits per heavy atom. The molecule has 2 aliphatic heterocycles. The van der Waals surface area contributed by atoms with Crippen molar-refractivity contribution in [3.05, 3.63) is 57.9 Å². The van der Waals surface area contributed by atoms with Crippen molar-refractivity contribution in [2.75, 3.05) is 43.2 Å². The summed E-state index contributed by atoms with van der Waals surface area (Å²) in [5.74, 6) is 0.655. The maximum Gasteiger partial charge on any atom is 0.261 e. The van der Waals surface area contributed by atoms with Gasteiger partial charge in [-0.05, 0) is 62.3 Å². The van der Waals surface area contributed by atoms with Gasteiger partial charge in [0.15, 0.2) is 0 Å². The second kappa shape index (κ2) is 10.1. The van der Waals surface area contributed by atoms with Crippen molar-refractivity contribution in [3.63, 3.8) is 0 Å². The summed E-state index contributed by atoms with van der Waals surface area (Å²) in [6.07, 6.45) is 2.13. The number of likely N-dealkylation sites (N-methyl/N-ethyl adjacent to an activating group) is 1. The number of carbonyl (C=O) groups is 1. The lowest BCUT2D eigenvalue weighted by Crippen LogP contribution is -2.47. The number of rotatable bonds is 7. The van der Waals surface area contributed by atoms with Gasteiger partial charge in [-0.25, -0.2) is 4.98 Å². The Kier molecular flexibility index (Phi) is 7.14. The summed E-state index contributed by atoms with van der Waals surface area (Å²) in [6.45, 7) is 7.98. The highest BCUT2D eigenvalue weighted by molar-refractivity contribution is 6.58. The van der Waals surface area contributed by atoms with Crippen molar-refractivity contribution >= 4 is 51.7 Å². The molecule has 196 valence electrons. The molecule has 0 aliphatic carbocycles. The van der Waals surface area contributed by atoms with Gasteiger partial charge in [-0.3, -0.25) is 19.1 Å². The molecule has 0 N–H and O–H groups in total. The molecule has 3 aromatic rings. The molecule has 12 heteroatoms. The predicted octanol–water partition coefficient (Wildman–Crippen LogP) is 0.935. The zero-order valence-corrected chi connectivity index (χ0v) is 22.8. The smallest absolute Gasteiger partial charge is 0.261 e. The Bertz CT molecular complexity index is 1490. The maximum absolute atomic E-state index is 13.4. The van der Waals surface area contributed by atoms with Crippen molar-refractivity contribution in [2.45, 2.75) is 50.6 Å². The molecule has 1 amide bonds. The van der Waals surface area contributed by atoms with Crippen LogP contribution in [-0.2, 0) is 32.6 Å². The summed E-state index contributed by atoms with van der Waals surface area (Å²) >= 11 is 0. The number of ether oxygens (including phenoxy) is 2. The largest absolute Gasteiger partial charge is 0.400 e. The van der Waals surface area contributed by atoms with Crippen LogP contribution in [0, 0.1) is 6.92 Å². The number of hydrogen-bond acceptors (Lipinski definition) is 7. The van der Waals surface area contributed by atoms with E-state index in [2.05, 4.69) is 9.88 Å². The van der Waals surface area contributed by atoms with Crippen LogP contribution < -0.4 is 15.4 Å². The minimum absolute atomic E-state index is 0.0250. The van der Waals surface area contributed by atoms with E-state index in [1.165, 1.54) is 0 Å². The van der Waals surface area contributed by atoms with Gasteiger partial charge in [0.1, 0.15) is 5.82 Å². The van der Waals surface area contributed by atoms with Gasteiger partial charge in [-0.2, -0.15) is 0 Å². The summed E-state index contributed by atoms with van der Waals surface area (Å²) in [5.41, 5.74) is 3.39. The van der Waals surface area contributed by atoms with Gasteiger partial charge in [0.2, 0.25) is 5.91 Å². The lowest BCUT2D eigenvalue weighted by Gasteiger charge is -2.36. The number of aryl methyl sites for hydroxylation is 2. The van der Waals surface area contributed by atoms with E-state index in [1.54, 1.807) is 22.7 Å². The Hall–Kier alpha value is -3.11. The molecule has 5 rings (SSSR count). The molecule has 9 nitrogen and oxygen atoms in total. The van der Waals surface area contributed by atoms with Crippen molar-refractivity contribution in [3.8, 4) is 0 Å². The SMILES string of the molecule is [B]C([B])([B])OCC1CN(c2ccc3c(=O)n(CCc4cnc5c(c4)N(C)C(=O)C5(C)C)c(C)nc3c2)CCO1. The van der Waals surface area contributed by atoms with Gasteiger partial charge < -0.3 is 19.3 Å². The molecule has 1 atom stereocenters. The van der Waals surface area contributed by atoms with Crippen LogP contribution in [0.2, 0.25) is 0 Å². The quantitative estimate of drug-likeness (QED) is 0.428. The zero-order valence-electron chi connectivity index (χ0n) is 22.8. The van der Waals surface area contributed by atoms with Crippen molar-refractivity contribution in [1.82, 2.24) is 14.5 Å². The molecule has 2 aliphatic rings. The summed E-state index contributed by atoms with van der Waals surface area (Å²) in [7, 11) is 18.3. The van der Waals surface area contributed by atoms with E-state index in [4.69, 9.17) is 38.0 Å². The highest BCUT2D eigenvalue weighted by atomic mass is 16.5. The average Bonchev–Trinajstić information content (AvgIpc) is 3.06. The third-order valence-corrected chi connectivity index (χ3v) is 7.49. The van der Waals surface area contributed by atoms with E-state index >= 15 is 0 Å². The minimum atomic E-state index is -1.71. The van der Waals surface area contributed by atoms with E-state index in [9.17, 15) is 9.59 Å². The number of hydrogen-bond donors (Lipinski definition) is 0. The Labute approximate surface area is 232 Å². The summed E-state index contributed by atoms with van der Waals surface area (Å²) < 4.78 is 12.7. The first-order chi connectivity index (χ1) is 18.3. The van der Waals surface area contributed by atoms with Gasteiger partial charge in [-0.15, -0.1) is 0 Å². The van der Waals surface area contributed by atoms with E-state index in [-0.39, 0.29) is 24.2 Å². The summed E-state index contributed by atoms with van der Waals surface area (Å²) in [4.78, 5) is 39.2.